The molecule has 3 heterocycles. The van der Waals surface area contributed by atoms with E-state index in [0.717, 1.165) is 25.3 Å². The Morgan fingerprint density at radius 1 is 1.10 bits per heavy atom. The SMILES string of the molecule is COc1cccc(C[C@H]2[C@H]3C[C@H](CN(C(=O)c4ccc(O)cc4)C3)[C@@H]3CCCCN32)c1. The smallest absolute Gasteiger partial charge is 0.253 e. The molecule has 5 rings (SSSR count). The van der Waals surface area contributed by atoms with Gasteiger partial charge in [0.1, 0.15) is 11.5 Å². The van der Waals surface area contributed by atoms with Crippen LogP contribution >= 0.6 is 0 Å². The van der Waals surface area contributed by atoms with Crippen molar-refractivity contribution in [3.63, 3.8) is 0 Å². The lowest BCUT2D eigenvalue weighted by Crippen LogP contribution is -2.64. The van der Waals surface area contributed by atoms with E-state index in [9.17, 15) is 9.90 Å². The van der Waals surface area contributed by atoms with Gasteiger partial charge in [0.15, 0.2) is 0 Å². The zero-order chi connectivity index (χ0) is 21.4. The summed E-state index contributed by atoms with van der Waals surface area (Å²) in [6, 6.07) is 16.2. The minimum Gasteiger partial charge on any atom is -0.508 e. The van der Waals surface area contributed by atoms with E-state index in [1.807, 2.05) is 6.07 Å². The number of amides is 1. The number of rotatable bonds is 4. The van der Waals surface area contributed by atoms with Gasteiger partial charge in [-0.1, -0.05) is 18.6 Å². The second-order valence-electron chi connectivity index (χ2n) is 9.44. The number of ether oxygens (including phenoxy) is 1. The standard InChI is InChI=1S/C26H32N2O3/c1-31-23-6-4-5-18(13-23)14-25-21-15-20(24-7-2-3-12-28(24)25)16-27(17-21)26(30)19-8-10-22(29)11-9-19/h4-6,8-11,13,20-21,24-25,29H,2-3,7,12,14-17H2,1H3/t20-,21+,24+,25+/m1/s1. The molecule has 2 aromatic carbocycles. The van der Waals surface area contributed by atoms with Crippen LogP contribution < -0.4 is 4.74 Å². The lowest BCUT2D eigenvalue weighted by Gasteiger charge is -2.57. The predicted molar refractivity (Wildman–Crippen MR) is 120 cm³/mol. The Labute approximate surface area is 184 Å². The molecule has 0 saturated carbocycles. The maximum absolute atomic E-state index is 13.3. The number of phenolic OH excluding ortho intramolecular Hbond substituents is 1. The molecule has 1 amide bonds. The minimum atomic E-state index is 0.0964. The van der Waals surface area contributed by atoms with Gasteiger partial charge in [0.05, 0.1) is 7.11 Å². The van der Waals surface area contributed by atoms with Crippen molar-refractivity contribution in [3.05, 3.63) is 59.7 Å². The number of phenols is 1. The fourth-order valence-corrected chi connectivity index (χ4v) is 6.18. The van der Waals surface area contributed by atoms with Gasteiger partial charge in [0.25, 0.3) is 5.91 Å². The Balaban J connectivity index is 1.40. The first kappa shape index (κ1) is 20.4. The summed E-state index contributed by atoms with van der Waals surface area (Å²) in [5, 5.41) is 9.58. The van der Waals surface area contributed by atoms with Crippen molar-refractivity contribution >= 4 is 5.91 Å². The van der Waals surface area contributed by atoms with E-state index in [4.69, 9.17) is 4.74 Å². The Morgan fingerprint density at radius 2 is 1.90 bits per heavy atom. The van der Waals surface area contributed by atoms with E-state index < -0.39 is 0 Å². The van der Waals surface area contributed by atoms with Crippen LogP contribution in [0.4, 0.5) is 0 Å². The average molecular weight is 421 g/mol. The molecule has 3 aliphatic heterocycles. The van der Waals surface area contributed by atoms with Crippen LogP contribution in [0.1, 0.15) is 41.6 Å². The molecule has 3 saturated heterocycles. The van der Waals surface area contributed by atoms with Crippen molar-refractivity contribution in [2.45, 2.75) is 44.2 Å². The summed E-state index contributed by atoms with van der Waals surface area (Å²) in [4.78, 5) is 18.1. The zero-order valence-corrected chi connectivity index (χ0v) is 18.2. The summed E-state index contributed by atoms with van der Waals surface area (Å²) in [5.74, 6) is 2.25. The molecule has 0 spiro atoms. The summed E-state index contributed by atoms with van der Waals surface area (Å²) in [7, 11) is 1.72. The quantitative estimate of drug-likeness (QED) is 0.814. The highest BCUT2D eigenvalue weighted by Gasteiger charge is 2.47. The number of hydrogen-bond donors (Lipinski definition) is 1. The van der Waals surface area contributed by atoms with Crippen molar-refractivity contribution in [1.29, 1.82) is 0 Å². The van der Waals surface area contributed by atoms with Crippen molar-refractivity contribution < 1.29 is 14.6 Å². The fourth-order valence-electron chi connectivity index (χ4n) is 6.18. The number of aromatic hydroxyl groups is 1. The van der Waals surface area contributed by atoms with Gasteiger partial charge in [-0.15, -0.1) is 0 Å². The molecule has 1 N–H and O–H groups in total. The Morgan fingerprint density at radius 3 is 2.71 bits per heavy atom. The zero-order valence-electron chi connectivity index (χ0n) is 18.2. The molecule has 2 bridgehead atoms. The van der Waals surface area contributed by atoms with E-state index >= 15 is 0 Å². The number of benzene rings is 2. The van der Waals surface area contributed by atoms with Crippen molar-refractivity contribution in [2.75, 3.05) is 26.7 Å². The molecule has 0 aliphatic carbocycles. The van der Waals surface area contributed by atoms with Crippen LogP contribution in [-0.4, -0.2) is 59.6 Å². The molecule has 5 heteroatoms. The molecule has 5 nitrogen and oxygen atoms in total. The molecular weight excluding hydrogens is 388 g/mol. The number of piperidine rings is 3. The highest BCUT2D eigenvalue weighted by atomic mass is 16.5. The third-order valence-corrected chi connectivity index (χ3v) is 7.60. The predicted octanol–water partition coefficient (Wildman–Crippen LogP) is 3.96. The van der Waals surface area contributed by atoms with E-state index in [0.29, 0.717) is 29.5 Å². The van der Waals surface area contributed by atoms with Crippen LogP contribution in [0.2, 0.25) is 0 Å². The topological polar surface area (TPSA) is 53.0 Å². The summed E-state index contributed by atoms with van der Waals surface area (Å²) in [5.41, 5.74) is 1.98. The van der Waals surface area contributed by atoms with Crippen LogP contribution in [0, 0.1) is 11.8 Å². The lowest BCUT2D eigenvalue weighted by atomic mass is 9.71. The van der Waals surface area contributed by atoms with Crippen molar-refractivity contribution in [2.24, 2.45) is 11.8 Å². The molecule has 3 fully saturated rings. The number of hydrogen-bond acceptors (Lipinski definition) is 4. The summed E-state index contributed by atoms with van der Waals surface area (Å²) >= 11 is 0. The van der Waals surface area contributed by atoms with Gasteiger partial charge in [0.2, 0.25) is 0 Å². The monoisotopic (exact) mass is 420 g/mol. The van der Waals surface area contributed by atoms with Crippen molar-refractivity contribution in [1.82, 2.24) is 9.80 Å². The number of fused-ring (bicyclic) bond motifs is 4. The summed E-state index contributed by atoms with van der Waals surface area (Å²) in [6.45, 7) is 2.84. The first-order valence-electron chi connectivity index (χ1n) is 11.6. The van der Waals surface area contributed by atoms with Gasteiger partial charge in [-0.2, -0.15) is 0 Å². The largest absolute Gasteiger partial charge is 0.508 e. The molecule has 0 radical (unpaired) electrons. The van der Waals surface area contributed by atoms with Gasteiger partial charge in [0, 0.05) is 30.7 Å². The number of nitrogens with zero attached hydrogens (tertiary/aromatic N) is 2. The fraction of sp³-hybridized carbons (Fsp3) is 0.500. The highest BCUT2D eigenvalue weighted by molar-refractivity contribution is 5.94. The second kappa shape index (κ2) is 8.54. The highest BCUT2D eigenvalue weighted by Crippen LogP contribution is 2.42. The van der Waals surface area contributed by atoms with Gasteiger partial charge >= 0.3 is 0 Å². The number of methoxy groups -OCH3 is 1. The Hall–Kier alpha value is -2.53. The third kappa shape index (κ3) is 4.03. The van der Waals surface area contributed by atoms with Crippen LogP contribution in [0.3, 0.4) is 0 Å². The third-order valence-electron chi connectivity index (χ3n) is 7.60. The maximum Gasteiger partial charge on any atom is 0.253 e. The normalized spacial score (nSPS) is 28.1. The molecule has 31 heavy (non-hydrogen) atoms. The number of likely N-dealkylation sites (tertiary alicyclic amines) is 1. The van der Waals surface area contributed by atoms with Crippen LogP contribution in [-0.2, 0) is 6.42 Å². The second-order valence-corrected chi connectivity index (χ2v) is 9.44. The van der Waals surface area contributed by atoms with Crippen LogP contribution in [0.15, 0.2) is 48.5 Å². The minimum absolute atomic E-state index is 0.0964. The summed E-state index contributed by atoms with van der Waals surface area (Å²) in [6.07, 6.45) is 6.04. The van der Waals surface area contributed by atoms with Gasteiger partial charge in [-0.25, -0.2) is 0 Å². The average Bonchev–Trinajstić information content (AvgIpc) is 2.82. The first-order chi connectivity index (χ1) is 15.1. The van der Waals surface area contributed by atoms with Gasteiger partial charge in [-0.3, -0.25) is 9.69 Å². The molecular formula is C26H32N2O3. The van der Waals surface area contributed by atoms with E-state index in [1.165, 1.54) is 37.8 Å². The van der Waals surface area contributed by atoms with E-state index in [2.05, 4.69) is 28.0 Å². The summed E-state index contributed by atoms with van der Waals surface area (Å²) < 4.78 is 5.45. The molecule has 2 aromatic rings. The van der Waals surface area contributed by atoms with Gasteiger partial charge in [-0.05, 0) is 86.0 Å². The van der Waals surface area contributed by atoms with E-state index in [1.54, 1.807) is 31.4 Å². The molecule has 164 valence electrons. The Bertz CT molecular complexity index is 929. The lowest BCUT2D eigenvalue weighted by molar-refractivity contribution is -0.0642. The Kier molecular flexibility index (Phi) is 5.61. The van der Waals surface area contributed by atoms with Crippen LogP contribution in [0.5, 0.6) is 11.5 Å². The molecule has 0 aromatic heterocycles. The van der Waals surface area contributed by atoms with Crippen LogP contribution in [0.25, 0.3) is 0 Å². The van der Waals surface area contributed by atoms with E-state index in [-0.39, 0.29) is 11.7 Å². The molecule has 3 aliphatic rings. The van der Waals surface area contributed by atoms with Gasteiger partial charge < -0.3 is 14.7 Å². The maximum atomic E-state index is 13.3. The first-order valence-corrected chi connectivity index (χ1v) is 11.6. The number of carbonyl (C=O) groups is 1. The molecule has 4 atom stereocenters. The van der Waals surface area contributed by atoms with Crippen molar-refractivity contribution in [3.8, 4) is 11.5 Å². The number of carbonyl (C=O) groups excluding carboxylic acids is 1. The molecule has 0 unspecified atom stereocenters.